The number of carbonyl (C=O) groups excluding carboxylic acids is 1. The van der Waals surface area contributed by atoms with E-state index in [1.54, 1.807) is 24.4 Å². The largest absolute Gasteiger partial charge is 0.321 e. The van der Waals surface area contributed by atoms with E-state index in [1.165, 1.54) is 16.7 Å². The first kappa shape index (κ1) is 17.6. The van der Waals surface area contributed by atoms with Crippen molar-refractivity contribution in [3.63, 3.8) is 0 Å². The Kier molecular flexibility index (Phi) is 5.27. The summed E-state index contributed by atoms with van der Waals surface area (Å²) in [5, 5.41) is 2.70. The van der Waals surface area contributed by atoms with Crippen molar-refractivity contribution in [3.05, 3.63) is 99.7 Å². The lowest BCUT2D eigenvalue weighted by Crippen LogP contribution is -2.27. The Morgan fingerprint density at radius 2 is 1.73 bits per heavy atom. The van der Waals surface area contributed by atoms with Gasteiger partial charge in [-0.2, -0.15) is 0 Å². The van der Waals surface area contributed by atoms with E-state index in [1.807, 2.05) is 37.3 Å². The number of aromatic nitrogens is 1. The minimum Gasteiger partial charge on any atom is -0.321 e. The second kappa shape index (κ2) is 7.78. The number of anilines is 1. The van der Waals surface area contributed by atoms with E-state index in [0.717, 1.165) is 16.7 Å². The Labute approximate surface area is 150 Å². The summed E-state index contributed by atoms with van der Waals surface area (Å²) in [6, 6.07) is 17.0. The summed E-state index contributed by atoms with van der Waals surface area (Å²) in [6.07, 6.45) is 1.92. The second-order valence-electron chi connectivity index (χ2n) is 6.20. The third kappa shape index (κ3) is 4.45. The zero-order valence-corrected chi connectivity index (χ0v) is 14.4. The normalized spacial score (nSPS) is 10.5. The highest BCUT2D eigenvalue weighted by atomic mass is 19.1. The number of aryl methyl sites for hydroxylation is 1. The van der Waals surface area contributed by atoms with Crippen LogP contribution in [0.1, 0.15) is 16.7 Å². The summed E-state index contributed by atoms with van der Waals surface area (Å²) in [7, 11) is 0. The molecule has 0 radical (unpaired) electrons. The highest BCUT2D eigenvalue weighted by Crippen LogP contribution is 2.09. The van der Waals surface area contributed by atoms with Gasteiger partial charge in [-0.05, 0) is 41.8 Å². The van der Waals surface area contributed by atoms with Gasteiger partial charge in [-0.25, -0.2) is 4.39 Å². The number of benzene rings is 2. The molecule has 0 spiro atoms. The maximum atomic E-state index is 13.0. The number of hydrogen-bond donors (Lipinski definition) is 1. The third-order valence-corrected chi connectivity index (χ3v) is 3.97. The van der Waals surface area contributed by atoms with Gasteiger partial charge in [-0.1, -0.05) is 42.5 Å². The van der Waals surface area contributed by atoms with Gasteiger partial charge >= 0.3 is 0 Å². The minimum absolute atomic E-state index is 0.201. The van der Waals surface area contributed by atoms with Gasteiger partial charge in [0.25, 0.3) is 5.56 Å². The molecule has 4 nitrogen and oxygen atoms in total. The van der Waals surface area contributed by atoms with Gasteiger partial charge in [0.05, 0.1) is 13.0 Å². The quantitative estimate of drug-likeness (QED) is 0.765. The summed E-state index contributed by atoms with van der Waals surface area (Å²) in [4.78, 5) is 24.9. The number of amides is 1. The molecule has 132 valence electrons. The SMILES string of the molecule is Cc1cc(NC(=O)Cc2ccccc2)c(=O)n(Cc2ccc(F)cc2)c1. The van der Waals surface area contributed by atoms with Gasteiger partial charge in [-0.3, -0.25) is 9.59 Å². The standard InChI is InChI=1S/C21H19FN2O2/c1-15-11-19(23-20(25)12-16-5-3-2-4-6-16)21(26)24(13-15)14-17-7-9-18(22)10-8-17/h2-11,13H,12,14H2,1H3,(H,23,25). The van der Waals surface area contributed by atoms with Gasteiger partial charge in [0.15, 0.2) is 0 Å². The summed E-state index contributed by atoms with van der Waals surface area (Å²) >= 11 is 0. The molecular weight excluding hydrogens is 331 g/mol. The van der Waals surface area contributed by atoms with Crippen molar-refractivity contribution in [1.29, 1.82) is 0 Å². The van der Waals surface area contributed by atoms with E-state index >= 15 is 0 Å². The summed E-state index contributed by atoms with van der Waals surface area (Å²) in [6.45, 7) is 2.16. The number of nitrogens with one attached hydrogen (secondary N) is 1. The molecule has 0 aliphatic heterocycles. The fourth-order valence-electron chi connectivity index (χ4n) is 2.75. The Balaban J connectivity index is 1.79. The van der Waals surface area contributed by atoms with Crippen molar-refractivity contribution < 1.29 is 9.18 Å². The summed E-state index contributed by atoms with van der Waals surface area (Å²) in [5.41, 5.74) is 2.49. The van der Waals surface area contributed by atoms with Crippen LogP contribution in [-0.2, 0) is 17.8 Å². The van der Waals surface area contributed by atoms with Gasteiger partial charge in [0, 0.05) is 6.20 Å². The van der Waals surface area contributed by atoms with Crippen LogP contribution in [0.5, 0.6) is 0 Å². The van der Waals surface area contributed by atoms with Crippen LogP contribution < -0.4 is 10.9 Å². The van der Waals surface area contributed by atoms with E-state index in [0.29, 0.717) is 6.54 Å². The van der Waals surface area contributed by atoms with Crippen LogP contribution in [0.15, 0.2) is 71.7 Å². The van der Waals surface area contributed by atoms with E-state index in [9.17, 15) is 14.0 Å². The molecule has 0 aliphatic rings. The first-order chi connectivity index (χ1) is 12.5. The fourth-order valence-corrected chi connectivity index (χ4v) is 2.75. The fraction of sp³-hybridized carbons (Fsp3) is 0.143. The second-order valence-corrected chi connectivity index (χ2v) is 6.20. The summed E-state index contributed by atoms with van der Waals surface area (Å²) < 4.78 is 14.6. The number of rotatable bonds is 5. The Bertz CT molecular complexity index is 964. The zero-order valence-electron chi connectivity index (χ0n) is 14.4. The lowest BCUT2D eigenvalue weighted by molar-refractivity contribution is -0.115. The Hall–Kier alpha value is -3.21. The molecule has 0 fully saturated rings. The number of hydrogen-bond acceptors (Lipinski definition) is 2. The zero-order chi connectivity index (χ0) is 18.5. The van der Waals surface area contributed by atoms with Crippen LogP contribution in [0, 0.1) is 12.7 Å². The molecule has 0 unspecified atom stereocenters. The molecule has 0 saturated carbocycles. The van der Waals surface area contributed by atoms with E-state index in [-0.39, 0.29) is 29.4 Å². The molecule has 3 rings (SSSR count). The smallest absolute Gasteiger partial charge is 0.274 e. The van der Waals surface area contributed by atoms with E-state index in [2.05, 4.69) is 5.32 Å². The highest BCUT2D eigenvalue weighted by molar-refractivity contribution is 5.92. The van der Waals surface area contributed by atoms with Gasteiger partial charge in [-0.15, -0.1) is 0 Å². The van der Waals surface area contributed by atoms with Gasteiger partial charge in [0.1, 0.15) is 11.5 Å². The highest BCUT2D eigenvalue weighted by Gasteiger charge is 2.10. The Morgan fingerprint density at radius 1 is 1.04 bits per heavy atom. The molecule has 1 heterocycles. The first-order valence-corrected chi connectivity index (χ1v) is 8.30. The van der Waals surface area contributed by atoms with Crippen molar-refractivity contribution in [2.75, 3.05) is 5.32 Å². The maximum absolute atomic E-state index is 13.0. The van der Waals surface area contributed by atoms with Gasteiger partial charge < -0.3 is 9.88 Å². The average Bonchev–Trinajstić information content (AvgIpc) is 2.61. The first-order valence-electron chi connectivity index (χ1n) is 8.30. The Morgan fingerprint density at radius 3 is 2.42 bits per heavy atom. The van der Waals surface area contributed by atoms with Crippen LogP contribution in [-0.4, -0.2) is 10.5 Å². The van der Waals surface area contributed by atoms with Crippen molar-refractivity contribution in [1.82, 2.24) is 4.57 Å². The monoisotopic (exact) mass is 350 g/mol. The molecule has 0 aliphatic carbocycles. The molecule has 5 heteroatoms. The van der Waals surface area contributed by atoms with Crippen LogP contribution >= 0.6 is 0 Å². The molecule has 26 heavy (non-hydrogen) atoms. The molecule has 2 aromatic carbocycles. The minimum atomic E-state index is -0.320. The lowest BCUT2D eigenvalue weighted by atomic mass is 10.1. The third-order valence-electron chi connectivity index (χ3n) is 3.97. The molecule has 0 saturated heterocycles. The molecule has 0 bridgehead atoms. The number of nitrogens with zero attached hydrogens (tertiary/aromatic N) is 1. The average molecular weight is 350 g/mol. The maximum Gasteiger partial charge on any atom is 0.274 e. The van der Waals surface area contributed by atoms with Crippen molar-refractivity contribution in [2.24, 2.45) is 0 Å². The molecule has 1 amide bonds. The predicted molar refractivity (Wildman–Crippen MR) is 99.7 cm³/mol. The van der Waals surface area contributed by atoms with Crippen LogP contribution in [0.4, 0.5) is 10.1 Å². The van der Waals surface area contributed by atoms with Crippen molar-refractivity contribution in [2.45, 2.75) is 19.9 Å². The summed E-state index contributed by atoms with van der Waals surface area (Å²) in [5.74, 6) is -0.563. The van der Waals surface area contributed by atoms with Crippen LogP contribution in [0.3, 0.4) is 0 Å². The van der Waals surface area contributed by atoms with E-state index in [4.69, 9.17) is 0 Å². The van der Waals surface area contributed by atoms with E-state index < -0.39 is 0 Å². The van der Waals surface area contributed by atoms with Gasteiger partial charge in [0.2, 0.25) is 5.91 Å². The molecule has 1 aromatic heterocycles. The lowest BCUT2D eigenvalue weighted by Gasteiger charge is -2.11. The topological polar surface area (TPSA) is 51.1 Å². The number of pyridine rings is 1. The van der Waals surface area contributed by atoms with Crippen molar-refractivity contribution in [3.8, 4) is 0 Å². The number of halogens is 1. The molecule has 3 aromatic rings. The molecule has 1 N–H and O–H groups in total. The molecular formula is C21H19FN2O2. The predicted octanol–water partition coefficient (Wildman–Crippen LogP) is 3.53. The molecule has 0 atom stereocenters. The van der Waals surface area contributed by atoms with Crippen LogP contribution in [0.25, 0.3) is 0 Å². The van der Waals surface area contributed by atoms with Crippen LogP contribution in [0.2, 0.25) is 0 Å². The number of carbonyl (C=O) groups is 1. The van der Waals surface area contributed by atoms with Crippen molar-refractivity contribution >= 4 is 11.6 Å².